The molecule has 1 fully saturated rings. The maximum Gasteiger partial charge on any atom is 0.150 e. The lowest BCUT2D eigenvalue weighted by molar-refractivity contribution is 0.203. The Morgan fingerprint density at radius 1 is 0.931 bits per heavy atom. The van der Waals surface area contributed by atoms with Gasteiger partial charge in [0.2, 0.25) is 0 Å². The highest BCUT2D eigenvalue weighted by Crippen LogP contribution is 2.28. The second-order valence-electron chi connectivity index (χ2n) is 8.09. The van der Waals surface area contributed by atoms with E-state index >= 15 is 0 Å². The van der Waals surface area contributed by atoms with Gasteiger partial charge in [0, 0.05) is 24.4 Å². The summed E-state index contributed by atoms with van der Waals surface area (Å²) in [6, 6.07) is 12.7. The number of anilines is 2. The Balaban J connectivity index is 1.36. The number of nitrogens with one attached hydrogen (secondary N) is 1. The molecule has 1 N–H and O–H groups in total. The molecule has 0 spiro atoms. The summed E-state index contributed by atoms with van der Waals surface area (Å²) in [5.74, 6) is 2.03. The molecule has 3 heterocycles. The van der Waals surface area contributed by atoms with Crippen LogP contribution in [-0.4, -0.2) is 32.9 Å². The largest absolute Gasteiger partial charge is 0.324 e. The standard InChI is InChI=1S/C24H29N5/c1-17-7-8-20(13-18(17)2)16-29-11-9-21(10-12-29)22-14-25-15-24(27-22)28-23-6-4-5-19(3)26-23/h4-8,13-15,21H,9-12,16H2,1-3H3,(H,26,27,28). The lowest BCUT2D eigenvalue weighted by atomic mass is 9.93. The molecular weight excluding hydrogens is 358 g/mol. The molecule has 5 heteroatoms. The van der Waals surface area contributed by atoms with Crippen LogP contribution in [-0.2, 0) is 6.54 Å². The summed E-state index contributed by atoms with van der Waals surface area (Å²) in [5.41, 5.74) is 6.20. The van der Waals surface area contributed by atoms with Gasteiger partial charge in [0.1, 0.15) is 11.6 Å². The summed E-state index contributed by atoms with van der Waals surface area (Å²) in [6.07, 6.45) is 5.91. The van der Waals surface area contributed by atoms with Crippen LogP contribution >= 0.6 is 0 Å². The highest BCUT2D eigenvalue weighted by Gasteiger charge is 2.22. The second-order valence-corrected chi connectivity index (χ2v) is 8.09. The second kappa shape index (κ2) is 8.70. The van der Waals surface area contributed by atoms with Gasteiger partial charge in [-0.2, -0.15) is 0 Å². The van der Waals surface area contributed by atoms with E-state index in [4.69, 9.17) is 4.98 Å². The van der Waals surface area contributed by atoms with Gasteiger partial charge in [-0.1, -0.05) is 24.3 Å². The van der Waals surface area contributed by atoms with Crippen molar-refractivity contribution in [3.05, 3.63) is 76.9 Å². The Morgan fingerprint density at radius 3 is 2.52 bits per heavy atom. The lowest BCUT2D eigenvalue weighted by Gasteiger charge is -2.31. The zero-order valence-electron chi connectivity index (χ0n) is 17.5. The summed E-state index contributed by atoms with van der Waals surface area (Å²) in [5, 5.41) is 3.28. The molecule has 0 unspecified atom stereocenters. The number of pyridine rings is 1. The van der Waals surface area contributed by atoms with Crippen molar-refractivity contribution in [2.75, 3.05) is 18.4 Å². The number of likely N-dealkylation sites (tertiary alicyclic amines) is 1. The van der Waals surface area contributed by atoms with Gasteiger partial charge in [-0.15, -0.1) is 0 Å². The number of piperidine rings is 1. The average molecular weight is 388 g/mol. The van der Waals surface area contributed by atoms with E-state index in [1.165, 1.54) is 16.7 Å². The van der Waals surface area contributed by atoms with Crippen LogP contribution < -0.4 is 5.32 Å². The molecule has 0 radical (unpaired) electrons. The third-order valence-corrected chi connectivity index (χ3v) is 5.78. The summed E-state index contributed by atoms with van der Waals surface area (Å²) in [7, 11) is 0. The van der Waals surface area contributed by atoms with Crippen molar-refractivity contribution in [2.45, 2.75) is 46.1 Å². The maximum atomic E-state index is 4.82. The quantitative estimate of drug-likeness (QED) is 0.673. The monoisotopic (exact) mass is 387 g/mol. The number of hydrogen-bond donors (Lipinski definition) is 1. The predicted octanol–water partition coefficient (Wildman–Crippen LogP) is 4.92. The van der Waals surface area contributed by atoms with Crippen LogP contribution in [0.1, 0.15) is 46.8 Å². The lowest BCUT2D eigenvalue weighted by Crippen LogP contribution is -2.32. The first-order chi connectivity index (χ1) is 14.1. The summed E-state index contributed by atoms with van der Waals surface area (Å²) >= 11 is 0. The van der Waals surface area contributed by atoms with E-state index in [9.17, 15) is 0 Å². The molecule has 3 aromatic rings. The van der Waals surface area contributed by atoms with Crippen molar-refractivity contribution in [1.29, 1.82) is 0 Å². The van der Waals surface area contributed by atoms with Gasteiger partial charge in [-0.25, -0.2) is 9.97 Å². The molecule has 0 saturated carbocycles. The molecule has 1 aliphatic heterocycles. The Hall–Kier alpha value is -2.79. The third kappa shape index (κ3) is 4.98. The fourth-order valence-electron chi connectivity index (χ4n) is 3.93. The average Bonchev–Trinajstić information content (AvgIpc) is 2.72. The number of benzene rings is 1. The highest BCUT2D eigenvalue weighted by atomic mass is 15.1. The summed E-state index contributed by atoms with van der Waals surface area (Å²) in [4.78, 5) is 16.3. The molecule has 0 atom stereocenters. The van der Waals surface area contributed by atoms with Gasteiger partial charge >= 0.3 is 0 Å². The zero-order chi connectivity index (χ0) is 20.2. The minimum atomic E-state index is 0.464. The predicted molar refractivity (Wildman–Crippen MR) is 117 cm³/mol. The number of hydrogen-bond acceptors (Lipinski definition) is 5. The van der Waals surface area contributed by atoms with Crippen molar-refractivity contribution < 1.29 is 0 Å². The van der Waals surface area contributed by atoms with Crippen LogP contribution in [0.25, 0.3) is 0 Å². The molecular formula is C24H29N5. The van der Waals surface area contributed by atoms with Crippen LogP contribution in [0.15, 0.2) is 48.8 Å². The minimum Gasteiger partial charge on any atom is -0.324 e. The van der Waals surface area contributed by atoms with Crippen LogP contribution in [0, 0.1) is 20.8 Å². The van der Waals surface area contributed by atoms with Crippen molar-refractivity contribution >= 4 is 11.6 Å². The molecule has 29 heavy (non-hydrogen) atoms. The first-order valence-corrected chi connectivity index (χ1v) is 10.4. The topological polar surface area (TPSA) is 53.9 Å². The Kier molecular flexibility index (Phi) is 5.86. The van der Waals surface area contributed by atoms with E-state index in [1.54, 1.807) is 6.20 Å². The highest BCUT2D eigenvalue weighted by molar-refractivity contribution is 5.50. The Labute approximate surface area is 173 Å². The number of rotatable bonds is 5. The fraction of sp³-hybridized carbons (Fsp3) is 0.375. The molecule has 1 aromatic carbocycles. The van der Waals surface area contributed by atoms with Gasteiger partial charge in [-0.3, -0.25) is 9.88 Å². The van der Waals surface area contributed by atoms with Crippen molar-refractivity contribution in [2.24, 2.45) is 0 Å². The Morgan fingerprint density at radius 2 is 1.76 bits per heavy atom. The van der Waals surface area contributed by atoms with Gasteiger partial charge in [-0.05, 0) is 75.5 Å². The van der Waals surface area contributed by atoms with Gasteiger partial charge in [0.15, 0.2) is 0 Å². The number of nitrogens with zero attached hydrogens (tertiary/aromatic N) is 4. The smallest absolute Gasteiger partial charge is 0.150 e. The first kappa shape index (κ1) is 19.5. The van der Waals surface area contributed by atoms with Gasteiger partial charge < -0.3 is 5.32 Å². The minimum absolute atomic E-state index is 0.464. The molecule has 1 saturated heterocycles. The molecule has 5 nitrogen and oxygen atoms in total. The van der Waals surface area contributed by atoms with Crippen LogP contribution in [0.4, 0.5) is 11.6 Å². The molecule has 150 valence electrons. The van der Waals surface area contributed by atoms with E-state index in [0.717, 1.165) is 55.5 Å². The molecule has 1 aliphatic rings. The summed E-state index contributed by atoms with van der Waals surface area (Å²) < 4.78 is 0. The van der Waals surface area contributed by atoms with Crippen LogP contribution in [0.3, 0.4) is 0 Å². The SMILES string of the molecule is Cc1cccc(Nc2cncc(C3CCN(Cc4ccc(C)c(C)c4)CC3)n2)n1. The number of aryl methyl sites for hydroxylation is 3. The fourth-order valence-corrected chi connectivity index (χ4v) is 3.93. The van der Waals surface area contributed by atoms with E-state index in [-0.39, 0.29) is 0 Å². The molecule has 2 aromatic heterocycles. The van der Waals surface area contributed by atoms with E-state index in [1.807, 2.05) is 31.3 Å². The van der Waals surface area contributed by atoms with E-state index in [0.29, 0.717) is 5.92 Å². The van der Waals surface area contributed by atoms with Crippen LogP contribution in [0.5, 0.6) is 0 Å². The first-order valence-electron chi connectivity index (χ1n) is 10.4. The molecule has 4 rings (SSSR count). The van der Waals surface area contributed by atoms with Gasteiger partial charge in [0.05, 0.1) is 11.9 Å². The van der Waals surface area contributed by atoms with E-state index in [2.05, 4.69) is 52.2 Å². The van der Waals surface area contributed by atoms with Crippen molar-refractivity contribution in [3.63, 3.8) is 0 Å². The zero-order valence-corrected chi connectivity index (χ0v) is 17.5. The van der Waals surface area contributed by atoms with E-state index < -0.39 is 0 Å². The van der Waals surface area contributed by atoms with Crippen molar-refractivity contribution in [1.82, 2.24) is 19.9 Å². The maximum absolute atomic E-state index is 4.82. The number of aromatic nitrogens is 3. The Bertz CT molecular complexity index is 977. The van der Waals surface area contributed by atoms with Crippen LogP contribution in [0.2, 0.25) is 0 Å². The summed E-state index contributed by atoms with van der Waals surface area (Å²) in [6.45, 7) is 9.56. The normalized spacial score (nSPS) is 15.4. The third-order valence-electron chi connectivity index (χ3n) is 5.78. The molecule has 0 aliphatic carbocycles. The molecule has 0 amide bonds. The molecule has 0 bridgehead atoms. The van der Waals surface area contributed by atoms with Gasteiger partial charge in [0.25, 0.3) is 0 Å². The van der Waals surface area contributed by atoms with Crippen molar-refractivity contribution in [3.8, 4) is 0 Å².